The molecular weight excluding hydrogens is 350 g/mol. The van der Waals surface area contributed by atoms with E-state index in [-0.39, 0.29) is 11.5 Å². The van der Waals surface area contributed by atoms with Crippen molar-refractivity contribution in [1.29, 1.82) is 0 Å². The Morgan fingerprint density at radius 3 is 2.04 bits per heavy atom. The molecule has 4 heteroatoms. The molecule has 0 aliphatic heterocycles. The molecule has 3 aromatic rings. The van der Waals surface area contributed by atoms with Gasteiger partial charge in [0.05, 0.1) is 5.60 Å². The van der Waals surface area contributed by atoms with Crippen LogP contribution in [0.15, 0.2) is 78.9 Å². The van der Waals surface area contributed by atoms with Crippen LogP contribution in [0, 0.1) is 0 Å². The summed E-state index contributed by atoms with van der Waals surface area (Å²) in [7, 11) is 1.72. The van der Waals surface area contributed by atoms with E-state index in [1.807, 2.05) is 42.5 Å². The molecule has 1 aliphatic carbocycles. The van der Waals surface area contributed by atoms with Gasteiger partial charge < -0.3 is 14.8 Å². The number of fused-ring (bicyclic) bond motifs is 1. The van der Waals surface area contributed by atoms with Gasteiger partial charge in [-0.2, -0.15) is 0 Å². The predicted octanol–water partition coefficient (Wildman–Crippen LogP) is 4.39. The second-order valence-corrected chi connectivity index (χ2v) is 7.13. The van der Waals surface area contributed by atoms with Gasteiger partial charge in [-0.15, -0.1) is 0 Å². The van der Waals surface area contributed by atoms with Gasteiger partial charge in [-0.05, 0) is 47.5 Å². The highest BCUT2D eigenvalue weighted by Gasteiger charge is 2.37. The van der Waals surface area contributed by atoms with E-state index in [1.54, 1.807) is 31.4 Å². The molecule has 0 bridgehead atoms. The van der Waals surface area contributed by atoms with E-state index < -0.39 is 0 Å². The Hall–Kier alpha value is -3.11. The highest BCUT2D eigenvalue weighted by molar-refractivity contribution is 5.94. The zero-order valence-corrected chi connectivity index (χ0v) is 15.9. The van der Waals surface area contributed by atoms with Crippen molar-refractivity contribution in [2.24, 2.45) is 0 Å². The molecule has 4 rings (SSSR count). The molecule has 3 aromatic carbocycles. The van der Waals surface area contributed by atoms with Gasteiger partial charge >= 0.3 is 0 Å². The summed E-state index contributed by atoms with van der Waals surface area (Å²) in [6.45, 7) is 0.472. The van der Waals surface area contributed by atoms with Crippen LogP contribution in [0.5, 0.6) is 11.5 Å². The zero-order chi connectivity index (χ0) is 19.4. The molecule has 28 heavy (non-hydrogen) atoms. The smallest absolute Gasteiger partial charge is 0.251 e. The number of carbonyl (C=O) groups excluding carboxylic acids is 1. The Morgan fingerprint density at radius 1 is 0.857 bits per heavy atom. The summed E-state index contributed by atoms with van der Waals surface area (Å²) in [6, 6.07) is 25.1. The second kappa shape index (κ2) is 7.87. The first-order valence-electron chi connectivity index (χ1n) is 9.41. The minimum absolute atomic E-state index is 0.112. The number of carbonyl (C=O) groups is 1. The molecule has 1 amide bonds. The van der Waals surface area contributed by atoms with Crippen molar-refractivity contribution in [2.45, 2.75) is 18.4 Å². The maximum atomic E-state index is 12.6. The SMILES string of the molecule is COC1(CNC(=O)c2ccc(Oc3ccccc3)cc2)Cc2ccccc2C1. The molecule has 0 heterocycles. The molecule has 142 valence electrons. The minimum atomic E-state index is -0.379. The average molecular weight is 373 g/mol. The van der Waals surface area contributed by atoms with Crippen molar-refractivity contribution in [3.63, 3.8) is 0 Å². The van der Waals surface area contributed by atoms with Crippen molar-refractivity contribution in [3.8, 4) is 11.5 Å². The lowest BCUT2D eigenvalue weighted by Gasteiger charge is -2.27. The third kappa shape index (κ3) is 3.92. The van der Waals surface area contributed by atoms with Crippen molar-refractivity contribution >= 4 is 5.91 Å². The maximum absolute atomic E-state index is 12.6. The van der Waals surface area contributed by atoms with Crippen molar-refractivity contribution in [2.75, 3.05) is 13.7 Å². The largest absolute Gasteiger partial charge is 0.457 e. The number of hydrogen-bond acceptors (Lipinski definition) is 3. The Bertz CT molecular complexity index is 926. The van der Waals surface area contributed by atoms with Crippen LogP contribution < -0.4 is 10.1 Å². The number of para-hydroxylation sites is 1. The summed E-state index contributed by atoms with van der Waals surface area (Å²) >= 11 is 0. The molecule has 0 radical (unpaired) electrons. The number of nitrogens with one attached hydrogen (secondary N) is 1. The van der Waals surface area contributed by atoms with E-state index in [2.05, 4.69) is 17.4 Å². The van der Waals surface area contributed by atoms with Gasteiger partial charge in [-0.1, -0.05) is 42.5 Å². The molecule has 4 nitrogen and oxygen atoms in total. The Labute approximate surface area is 165 Å². The van der Waals surface area contributed by atoms with E-state index in [9.17, 15) is 4.79 Å². The van der Waals surface area contributed by atoms with Crippen LogP contribution in [0.1, 0.15) is 21.5 Å². The monoisotopic (exact) mass is 373 g/mol. The molecule has 0 saturated carbocycles. The van der Waals surface area contributed by atoms with E-state index in [1.165, 1.54) is 11.1 Å². The number of rotatable bonds is 6. The average Bonchev–Trinajstić information content (AvgIpc) is 3.13. The minimum Gasteiger partial charge on any atom is -0.457 e. The second-order valence-electron chi connectivity index (χ2n) is 7.13. The van der Waals surface area contributed by atoms with Crippen LogP contribution in [0.3, 0.4) is 0 Å². The molecule has 0 atom stereocenters. The normalized spacial score (nSPS) is 14.3. The Kier molecular flexibility index (Phi) is 5.13. The number of benzene rings is 3. The van der Waals surface area contributed by atoms with Crippen molar-refractivity contribution in [1.82, 2.24) is 5.32 Å². The van der Waals surface area contributed by atoms with Gasteiger partial charge in [0.15, 0.2) is 0 Å². The molecule has 0 fully saturated rings. The quantitative estimate of drug-likeness (QED) is 0.697. The summed E-state index contributed by atoms with van der Waals surface area (Å²) in [4.78, 5) is 12.6. The fourth-order valence-electron chi connectivity index (χ4n) is 3.64. The summed E-state index contributed by atoms with van der Waals surface area (Å²) in [5.41, 5.74) is 2.81. The van der Waals surface area contributed by atoms with Crippen LogP contribution in [0.25, 0.3) is 0 Å². The maximum Gasteiger partial charge on any atom is 0.251 e. The summed E-state index contributed by atoms with van der Waals surface area (Å²) in [6.07, 6.45) is 1.62. The van der Waals surface area contributed by atoms with Gasteiger partial charge in [0.2, 0.25) is 0 Å². The van der Waals surface area contributed by atoms with Gasteiger partial charge in [-0.25, -0.2) is 0 Å². The number of amides is 1. The van der Waals surface area contributed by atoms with E-state index in [0.29, 0.717) is 17.9 Å². The fraction of sp³-hybridized carbons (Fsp3) is 0.208. The zero-order valence-electron chi connectivity index (χ0n) is 15.9. The van der Waals surface area contributed by atoms with Crippen LogP contribution in [-0.2, 0) is 17.6 Å². The third-order valence-electron chi connectivity index (χ3n) is 5.24. The lowest BCUT2D eigenvalue weighted by atomic mass is 10.00. The van der Waals surface area contributed by atoms with E-state index in [0.717, 1.165) is 18.6 Å². The molecule has 0 spiro atoms. The molecule has 1 aliphatic rings. The van der Waals surface area contributed by atoms with Gasteiger partial charge in [-0.3, -0.25) is 4.79 Å². The van der Waals surface area contributed by atoms with Crippen molar-refractivity contribution in [3.05, 3.63) is 95.6 Å². The Morgan fingerprint density at radius 2 is 1.43 bits per heavy atom. The fourth-order valence-corrected chi connectivity index (χ4v) is 3.64. The third-order valence-corrected chi connectivity index (χ3v) is 5.24. The van der Waals surface area contributed by atoms with Crippen LogP contribution in [0.4, 0.5) is 0 Å². The lowest BCUT2D eigenvalue weighted by Crippen LogP contribution is -2.45. The molecule has 0 unspecified atom stereocenters. The summed E-state index contributed by atoms with van der Waals surface area (Å²) in [5, 5.41) is 3.03. The first-order chi connectivity index (χ1) is 13.7. The first-order valence-corrected chi connectivity index (χ1v) is 9.41. The molecule has 0 aromatic heterocycles. The summed E-state index contributed by atoms with van der Waals surface area (Å²) in [5.74, 6) is 1.35. The van der Waals surface area contributed by atoms with Gasteiger partial charge in [0.25, 0.3) is 5.91 Å². The first kappa shape index (κ1) is 18.3. The van der Waals surface area contributed by atoms with Gasteiger partial charge in [0, 0.05) is 32.1 Å². The number of ether oxygens (including phenoxy) is 2. The highest BCUT2D eigenvalue weighted by atomic mass is 16.5. The van der Waals surface area contributed by atoms with Crippen LogP contribution >= 0.6 is 0 Å². The molecule has 0 saturated heterocycles. The predicted molar refractivity (Wildman–Crippen MR) is 109 cm³/mol. The lowest BCUT2D eigenvalue weighted by molar-refractivity contribution is 0.000176. The number of hydrogen-bond donors (Lipinski definition) is 1. The van der Waals surface area contributed by atoms with E-state index in [4.69, 9.17) is 9.47 Å². The van der Waals surface area contributed by atoms with Crippen molar-refractivity contribution < 1.29 is 14.3 Å². The van der Waals surface area contributed by atoms with Crippen LogP contribution in [0.2, 0.25) is 0 Å². The summed E-state index contributed by atoms with van der Waals surface area (Å²) < 4.78 is 11.6. The standard InChI is InChI=1S/C24H23NO3/c1-27-24(15-19-7-5-6-8-20(19)16-24)17-25-23(26)18-11-13-22(14-12-18)28-21-9-3-2-4-10-21/h2-14H,15-17H2,1H3,(H,25,26). The topological polar surface area (TPSA) is 47.6 Å². The Balaban J connectivity index is 1.37. The highest BCUT2D eigenvalue weighted by Crippen LogP contribution is 2.32. The molecule has 1 N–H and O–H groups in total. The molecular formula is C24H23NO3. The van der Waals surface area contributed by atoms with Gasteiger partial charge in [0.1, 0.15) is 11.5 Å². The number of methoxy groups -OCH3 is 1. The van der Waals surface area contributed by atoms with Crippen LogP contribution in [-0.4, -0.2) is 25.2 Å². The van der Waals surface area contributed by atoms with E-state index >= 15 is 0 Å².